The smallest absolute Gasteiger partial charge is 0.268 e. The molecule has 1 amide bonds. The second kappa shape index (κ2) is 6.10. The molecule has 2 aromatic carbocycles. The summed E-state index contributed by atoms with van der Waals surface area (Å²) >= 11 is 0. The summed E-state index contributed by atoms with van der Waals surface area (Å²) < 4.78 is 5.93. The average molecular weight is 296 g/mol. The summed E-state index contributed by atoms with van der Waals surface area (Å²) in [5.74, 6) is 0.729. The number of carbonyl (C=O) groups is 1. The topological polar surface area (TPSA) is 55.6 Å². The SMILES string of the molecule is CCCN1C(=O)C(Cc2ccccc2)Oc2ccc(N)cc21. The number of nitrogens with two attached hydrogens (primary N) is 1. The van der Waals surface area contributed by atoms with Gasteiger partial charge < -0.3 is 15.4 Å². The Balaban J connectivity index is 1.91. The number of amides is 1. The fourth-order valence-electron chi connectivity index (χ4n) is 2.75. The Labute approximate surface area is 130 Å². The summed E-state index contributed by atoms with van der Waals surface area (Å²) in [4.78, 5) is 14.5. The molecule has 1 aliphatic heterocycles. The van der Waals surface area contributed by atoms with Gasteiger partial charge in [-0.15, -0.1) is 0 Å². The molecule has 2 N–H and O–H groups in total. The highest BCUT2D eigenvalue weighted by Crippen LogP contribution is 2.36. The van der Waals surface area contributed by atoms with Gasteiger partial charge in [-0.25, -0.2) is 0 Å². The molecule has 0 spiro atoms. The number of rotatable bonds is 4. The van der Waals surface area contributed by atoms with Crippen molar-refractivity contribution < 1.29 is 9.53 Å². The molecule has 0 aromatic heterocycles. The van der Waals surface area contributed by atoms with Crippen LogP contribution in [0, 0.1) is 0 Å². The van der Waals surface area contributed by atoms with Crippen molar-refractivity contribution in [3.05, 3.63) is 54.1 Å². The van der Waals surface area contributed by atoms with Gasteiger partial charge in [0.25, 0.3) is 5.91 Å². The van der Waals surface area contributed by atoms with Gasteiger partial charge in [-0.3, -0.25) is 4.79 Å². The molecule has 0 radical (unpaired) electrons. The Morgan fingerprint density at radius 3 is 2.68 bits per heavy atom. The van der Waals surface area contributed by atoms with E-state index in [-0.39, 0.29) is 5.91 Å². The molecule has 4 heteroatoms. The Kier molecular flexibility index (Phi) is 4.00. The lowest BCUT2D eigenvalue weighted by molar-refractivity contribution is -0.126. The maximum Gasteiger partial charge on any atom is 0.268 e. The summed E-state index contributed by atoms with van der Waals surface area (Å²) in [6.45, 7) is 2.73. The van der Waals surface area contributed by atoms with Crippen LogP contribution in [0.15, 0.2) is 48.5 Å². The van der Waals surface area contributed by atoms with E-state index in [0.717, 1.165) is 23.4 Å². The molecule has 1 aliphatic rings. The van der Waals surface area contributed by atoms with Crippen molar-refractivity contribution in [2.24, 2.45) is 0 Å². The highest BCUT2D eigenvalue weighted by atomic mass is 16.5. The van der Waals surface area contributed by atoms with E-state index < -0.39 is 6.10 Å². The molecule has 3 rings (SSSR count). The number of fused-ring (bicyclic) bond motifs is 1. The van der Waals surface area contributed by atoms with E-state index in [0.29, 0.717) is 18.7 Å². The summed E-state index contributed by atoms with van der Waals surface area (Å²) in [5, 5.41) is 0. The van der Waals surface area contributed by atoms with Crippen molar-refractivity contribution in [3.8, 4) is 5.75 Å². The van der Waals surface area contributed by atoms with Gasteiger partial charge in [0.1, 0.15) is 5.75 Å². The molecule has 114 valence electrons. The lowest BCUT2D eigenvalue weighted by Crippen LogP contribution is -2.47. The van der Waals surface area contributed by atoms with E-state index >= 15 is 0 Å². The van der Waals surface area contributed by atoms with Crippen LogP contribution in [0.1, 0.15) is 18.9 Å². The summed E-state index contributed by atoms with van der Waals surface area (Å²) in [7, 11) is 0. The standard InChI is InChI=1S/C18H20N2O2/c1-2-10-20-15-12-14(19)8-9-16(15)22-17(18(20)21)11-13-6-4-3-5-7-13/h3-9,12,17H,2,10-11,19H2,1H3. The largest absolute Gasteiger partial charge is 0.478 e. The lowest BCUT2D eigenvalue weighted by Gasteiger charge is -2.34. The highest BCUT2D eigenvalue weighted by Gasteiger charge is 2.34. The first-order chi connectivity index (χ1) is 10.7. The third-order valence-corrected chi connectivity index (χ3v) is 3.80. The van der Waals surface area contributed by atoms with E-state index in [1.807, 2.05) is 42.5 Å². The van der Waals surface area contributed by atoms with Gasteiger partial charge in [0, 0.05) is 18.7 Å². The molecule has 1 atom stereocenters. The predicted molar refractivity (Wildman–Crippen MR) is 88.1 cm³/mol. The van der Waals surface area contributed by atoms with Crippen LogP contribution in [0.5, 0.6) is 5.75 Å². The molecule has 1 unspecified atom stereocenters. The van der Waals surface area contributed by atoms with E-state index in [1.54, 1.807) is 11.0 Å². The summed E-state index contributed by atoms with van der Waals surface area (Å²) in [5.41, 5.74) is 8.36. The molecule has 0 aliphatic carbocycles. The number of nitrogen functional groups attached to an aromatic ring is 1. The van der Waals surface area contributed by atoms with Gasteiger partial charge in [0.05, 0.1) is 5.69 Å². The van der Waals surface area contributed by atoms with Crippen LogP contribution in [0.4, 0.5) is 11.4 Å². The van der Waals surface area contributed by atoms with E-state index in [4.69, 9.17) is 10.5 Å². The Morgan fingerprint density at radius 1 is 1.18 bits per heavy atom. The van der Waals surface area contributed by atoms with Gasteiger partial charge in [0.2, 0.25) is 0 Å². The molecule has 0 saturated carbocycles. The fraction of sp³-hybridized carbons (Fsp3) is 0.278. The van der Waals surface area contributed by atoms with Crippen LogP contribution in [-0.2, 0) is 11.2 Å². The van der Waals surface area contributed by atoms with Gasteiger partial charge in [-0.1, -0.05) is 37.3 Å². The number of benzene rings is 2. The molecule has 22 heavy (non-hydrogen) atoms. The van der Waals surface area contributed by atoms with Gasteiger partial charge >= 0.3 is 0 Å². The van der Waals surface area contributed by atoms with E-state index in [9.17, 15) is 4.79 Å². The lowest BCUT2D eigenvalue weighted by atomic mass is 10.0. The summed E-state index contributed by atoms with van der Waals surface area (Å²) in [6, 6.07) is 15.4. The van der Waals surface area contributed by atoms with Crippen molar-refractivity contribution in [1.29, 1.82) is 0 Å². The zero-order valence-electron chi connectivity index (χ0n) is 12.7. The van der Waals surface area contributed by atoms with Gasteiger partial charge in [-0.05, 0) is 30.2 Å². The predicted octanol–water partition coefficient (Wildman–Crippen LogP) is 3.02. The molecule has 1 heterocycles. The van der Waals surface area contributed by atoms with Crippen LogP contribution in [0.3, 0.4) is 0 Å². The number of ether oxygens (including phenoxy) is 1. The molecule has 2 aromatic rings. The number of hydrogen-bond acceptors (Lipinski definition) is 3. The molecule has 0 saturated heterocycles. The number of carbonyl (C=O) groups excluding carboxylic acids is 1. The monoisotopic (exact) mass is 296 g/mol. The Bertz CT molecular complexity index is 670. The zero-order chi connectivity index (χ0) is 15.5. The Hall–Kier alpha value is -2.49. The second-order valence-electron chi connectivity index (χ2n) is 5.51. The molecule has 0 fully saturated rings. The van der Waals surface area contributed by atoms with Crippen LogP contribution >= 0.6 is 0 Å². The van der Waals surface area contributed by atoms with Crippen molar-refractivity contribution in [1.82, 2.24) is 0 Å². The minimum absolute atomic E-state index is 0.00352. The van der Waals surface area contributed by atoms with Crippen LogP contribution < -0.4 is 15.4 Å². The molecule has 4 nitrogen and oxygen atoms in total. The van der Waals surface area contributed by atoms with Crippen LogP contribution in [0.25, 0.3) is 0 Å². The van der Waals surface area contributed by atoms with Crippen LogP contribution in [0.2, 0.25) is 0 Å². The third-order valence-electron chi connectivity index (χ3n) is 3.80. The van der Waals surface area contributed by atoms with Gasteiger partial charge in [0.15, 0.2) is 6.10 Å². The van der Waals surface area contributed by atoms with E-state index in [1.165, 1.54) is 0 Å². The van der Waals surface area contributed by atoms with Crippen molar-refractivity contribution in [3.63, 3.8) is 0 Å². The molecule has 0 bridgehead atoms. The number of nitrogens with zero attached hydrogens (tertiary/aromatic N) is 1. The molecular formula is C18H20N2O2. The number of hydrogen-bond donors (Lipinski definition) is 1. The third kappa shape index (κ3) is 2.77. The second-order valence-corrected chi connectivity index (χ2v) is 5.51. The van der Waals surface area contributed by atoms with E-state index in [2.05, 4.69) is 6.92 Å². The van der Waals surface area contributed by atoms with Gasteiger partial charge in [-0.2, -0.15) is 0 Å². The zero-order valence-corrected chi connectivity index (χ0v) is 12.7. The first-order valence-corrected chi connectivity index (χ1v) is 7.60. The van der Waals surface area contributed by atoms with Crippen molar-refractivity contribution in [2.45, 2.75) is 25.9 Å². The first kappa shape index (κ1) is 14.4. The normalized spacial score (nSPS) is 17.0. The van der Waals surface area contributed by atoms with Crippen molar-refractivity contribution >= 4 is 17.3 Å². The quantitative estimate of drug-likeness (QED) is 0.882. The maximum absolute atomic E-state index is 12.8. The average Bonchev–Trinajstić information content (AvgIpc) is 2.53. The maximum atomic E-state index is 12.8. The van der Waals surface area contributed by atoms with Crippen molar-refractivity contribution in [2.75, 3.05) is 17.2 Å². The minimum atomic E-state index is -0.481. The Morgan fingerprint density at radius 2 is 1.95 bits per heavy atom. The molecular weight excluding hydrogens is 276 g/mol. The van der Waals surface area contributed by atoms with Crippen LogP contribution in [-0.4, -0.2) is 18.6 Å². The highest BCUT2D eigenvalue weighted by molar-refractivity contribution is 6.00. The fourth-order valence-corrected chi connectivity index (χ4v) is 2.75. The summed E-state index contributed by atoms with van der Waals surface area (Å²) in [6.07, 6.45) is 0.979. The number of anilines is 2. The first-order valence-electron chi connectivity index (χ1n) is 7.60. The minimum Gasteiger partial charge on any atom is -0.478 e.